The van der Waals surface area contributed by atoms with E-state index in [9.17, 15) is 0 Å². The maximum atomic E-state index is 2.47. The largest absolute Gasteiger partial charge is 4.00 e. The number of halogens is 3. The summed E-state index contributed by atoms with van der Waals surface area (Å²) in [7, 11) is 0. The van der Waals surface area contributed by atoms with Gasteiger partial charge in [-0.05, 0) is 58.2 Å². The summed E-state index contributed by atoms with van der Waals surface area (Å²) in [6.45, 7) is 18.0. The normalized spacial score (nSPS) is 11.4. The quantitative estimate of drug-likeness (QED) is 0.168. The van der Waals surface area contributed by atoms with Crippen molar-refractivity contribution in [2.45, 2.75) is 73.1 Å². The summed E-state index contributed by atoms with van der Waals surface area (Å²) >= 11 is 0. The second kappa shape index (κ2) is 14.8. The molecule has 4 rings (SSSR count). The molecular weight excluding hydrogens is 563 g/mol. The Morgan fingerprint density at radius 2 is 0.921 bits per heavy atom. The summed E-state index contributed by atoms with van der Waals surface area (Å²) in [6.07, 6.45) is 1.15. The van der Waals surface area contributed by atoms with Gasteiger partial charge in [0.25, 0.3) is 0 Å². The smallest absolute Gasteiger partial charge is 1.00 e. The van der Waals surface area contributed by atoms with Crippen molar-refractivity contribution >= 4 is 0 Å². The van der Waals surface area contributed by atoms with E-state index in [1.54, 1.807) is 0 Å². The molecule has 0 aliphatic heterocycles. The Bertz CT molecular complexity index is 1150. The molecule has 0 heterocycles. The van der Waals surface area contributed by atoms with Crippen molar-refractivity contribution in [2.24, 2.45) is 0 Å². The third kappa shape index (κ3) is 7.21. The summed E-state index contributed by atoms with van der Waals surface area (Å²) < 4.78 is 0. The Hall–Kier alpha value is -1.41. The molecule has 0 saturated heterocycles. The molecule has 0 aliphatic carbocycles. The van der Waals surface area contributed by atoms with Crippen LogP contribution in [-0.2, 0) is 27.1 Å². The van der Waals surface area contributed by atoms with Crippen molar-refractivity contribution in [1.82, 2.24) is 0 Å². The van der Waals surface area contributed by atoms with E-state index in [1.807, 2.05) is 0 Å². The van der Waals surface area contributed by atoms with E-state index in [2.05, 4.69) is 128 Å². The molecule has 0 saturated carbocycles. The molecule has 0 N–H and O–H groups in total. The summed E-state index contributed by atoms with van der Waals surface area (Å²) in [5.74, 6) is 0.546. The van der Waals surface area contributed by atoms with Crippen LogP contribution < -0.4 is 37.2 Å². The van der Waals surface area contributed by atoms with Crippen LogP contribution in [0.2, 0.25) is 0 Å². The molecule has 38 heavy (non-hydrogen) atoms. The van der Waals surface area contributed by atoms with Crippen molar-refractivity contribution < 1.29 is 58.9 Å². The van der Waals surface area contributed by atoms with Crippen molar-refractivity contribution in [1.29, 1.82) is 0 Å². The Kier molecular flexibility index (Phi) is 14.3. The van der Waals surface area contributed by atoms with Crippen LogP contribution >= 0.6 is 0 Å². The van der Waals surface area contributed by atoms with Crippen molar-refractivity contribution in [3.05, 3.63) is 134 Å². The van der Waals surface area contributed by atoms with E-state index >= 15 is 0 Å². The zero-order chi connectivity index (χ0) is 24.6. The summed E-state index contributed by atoms with van der Waals surface area (Å²) in [5.41, 5.74) is 14.3. The molecule has 4 aromatic carbocycles. The van der Waals surface area contributed by atoms with Crippen LogP contribution in [0, 0.1) is 41.5 Å². The average Bonchev–Trinajstić information content (AvgIpc) is 3.22. The van der Waals surface area contributed by atoms with Crippen LogP contribution in [0.1, 0.15) is 87.4 Å². The molecule has 4 aromatic rings. The summed E-state index contributed by atoms with van der Waals surface area (Å²) in [4.78, 5) is 0. The van der Waals surface area contributed by atoms with Gasteiger partial charge in [-0.25, -0.2) is 6.07 Å². The molecule has 200 valence electrons. The predicted molar refractivity (Wildman–Crippen MR) is 147 cm³/mol. The second-order valence-corrected chi connectivity index (χ2v) is 10.6. The zero-order valence-corrected chi connectivity index (χ0v) is 27.7. The summed E-state index contributed by atoms with van der Waals surface area (Å²) in [5, 5.41) is 0. The molecule has 0 spiro atoms. The SMILES string of the molecule is CCC(C)c1cc[c-](C(c2cc(C)cc(C)c2)(c2cc(C)cc(C)c2)c2cc(C)cc(C)c2)c1.[Cl-].[Cl-].[Cl-].[Ti+4]. The Balaban J connectivity index is 0.00000342. The van der Waals surface area contributed by atoms with Crippen LogP contribution in [0.4, 0.5) is 0 Å². The van der Waals surface area contributed by atoms with Crippen molar-refractivity contribution in [3.63, 3.8) is 0 Å². The fraction of sp³-hybridized carbons (Fsp3) is 0.324. The van der Waals surface area contributed by atoms with Gasteiger partial charge in [0.15, 0.2) is 0 Å². The van der Waals surface area contributed by atoms with Gasteiger partial charge in [-0.2, -0.15) is 17.7 Å². The van der Waals surface area contributed by atoms with E-state index < -0.39 is 0 Å². The molecule has 0 aliphatic rings. The van der Waals surface area contributed by atoms with Gasteiger partial charge < -0.3 is 37.2 Å². The van der Waals surface area contributed by atoms with Gasteiger partial charge in [-0.3, -0.25) is 0 Å². The maximum Gasteiger partial charge on any atom is 4.00 e. The minimum atomic E-state index is -0.379. The number of hydrogen-bond donors (Lipinski definition) is 0. The van der Waals surface area contributed by atoms with Crippen LogP contribution in [0.15, 0.2) is 72.8 Å². The van der Waals surface area contributed by atoms with Crippen LogP contribution in [-0.4, -0.2) is 0 Å². The van der Waals surface area contributed by atoms with Gasteiger partial charge in [0, 0.05) is 5.41 Å². The first-order chi connectivity index (χ1) is 16.1. The van der Waals surface area contributed by atoms with Gasteiger partial charge >= 0.3 is 21.7 Å². The Morgan fingerprint density at radius 3 is 1.21 bits per heavy atom. The second-order valence-electron chi connectivity index (χ2n) is 10.6. The molecular formula is C34H39Cl3Ti. The standard InChI is InChI=1S/C34H39.3ClH.Ti/c1-9-28(8)29-10-11-30(21-29)34(31-15-22(2)12-23(3)16-31,32-17-24(4)13-25(5)18-32)33-19-26(6)14-27(7)20-33;;;;/h10-21,28H,9H2,1-8H3;3*1H;/q-1;;;;+4/p-3. The first-order valence-electron chi connectivity index (χ1n) is 12.7. The molecule has 0 aromatic heterocycles. The topological polar surface area (TPSA) is 0 Å². The van der Waals surface area contributed by atoms with Crippen LogP contribution in [0.3, 0.4) is 0 Å². The van der Waals surface area contributed by atoms with Crippen LogP contribution in [0.25, 0.3) is 0 Å². The monoisotopic (exact) mass is 600 g/mol. The minimum Gasteiger partial charge on any atom is -1.00 e. The van der Waals surface area contributed by atoms with Crippen LogP contribution in [0.5, 0.6) is 0 Å². The van der Waals surface area contributed by atoms with Gasteiger partial charge in [0.1, 0.15) is 0 Å². The van der Waals surface area contributed by atoms with Crippen molar-refractivity contribution in [2.75, 3.05) is 0 Å². The first kappa shape index (κ1) is 36.6. The molecule has 0 fully saturated rings. The Morgan fingerprint density at radius 1 is 0.605 bits per heavy atom. The number of rotatable bonds is 6. The summed E-state index contributed by atoms with van der Waals surface area (Å²) in [6, 6.07) is 28.5. The molecule has 1 atom stereocenters. The zero-order valence-electron chi connectivity index (χ0n) is 23.8. The molecule has 4 heteroatoms. The van der Waals surface area contributed by atoms with Gasteiger partial charge in [-0.15, -0.1) is 5.56 Å². The first-order valence-corrected chi connectivity index (χ1v) is 12.7. The van der Waals surface area contributed by atoms with Gasteiger partial charge in [-0.1, -0.05) is 114 Å². The van der Waals surface area contributed by atoms with Gasteiger partial charge in [0.05, 0.1) is 0 Å². The van der Waals surface area contributed by atoms with E-state index in [0.717, 1.165) is 6.42 Å². The van der Waals surface area contributed by atoms with E-state index in [4.69, 9.17) is 0 Å². The fourth-order valence-electron chi connectivity index (χ4n) is 5.81. The van der Waals surface area contributed by atoms with E-state index in [0.29, 0.717) is 5.92 Å². The number of hydrogen-bond acceptors (Lipinski definition) is 0. The molecule has 0 bridgehead atoms. The Labute approximate surface area is 264 Å². The molecule has 0 amide bonds. The minimum absolute atomic E-state index is 0. The van der Waals surface area contributed by atoms with E-state index in [1.165, 1.54) is 61.2 Å². The average molecular weight is 602 g/mol. The van der Waals surface area contributed by atoms with Gasteiger partial charge in [0.2, 0.25) is 0 Å². The molecule has 1 unspecified atom stereocenters. The third-order valence-corrected chi connectivity index (χ3v) is 7.36. The number of benzene rings is 3. The molecule has 0 radical (unpaired) electrons. The molecule has 0 nitrogen and oxygen atoms in total. The number of aryl methyl sites for hydroxylation is 6. The fourth-order valence-corrected chi connectivity index (χ4v) is 5.81. The third-order valence-electron chi connectivity index (χ3n) is 7.36. The van der Waals surface area contributed by atoms with Crippen molar-refractivity contribution in [3.8, 4) is 0 Å². The maximum absolute atomic E-state index is 2.47. The van der Waals surface area contributed by atoms with E-state index in [-0.39, 0.29) is 64.4 Å². The predicted octanol–water partition coefficient (Wildman–Crippen LogP) is 0.162.